The van der Waals surface area contributed by atoms with Gasteiger partial charge in [-0.15, -0.1) is 0 Å². The van der Waals surface area contributed by atoms with Crippen molar-refractivity contribution in [3.63, 3.8) is 0 Å². The number of aromatic hydroxyl groups is 1. The van der Waals surface area contributed by atoms with Crippen LogP contribution >= 0.6 is 11.8 Å². The summed E-state index contributed by atoms with van der Waals surface area (Å²) in [4.78, 5) is 17.3. The number of thioether (sulfide) groups is 1. The van der Waals surface area contributed by atoms with Crippen LogP contribution in [0.15, 0.2) is 46.3 Å². The quantitative estimate of drug-likeness (QED) is 0.470. The topological polar surface area (TPSA) is 64.9 Å². The summed E-state index contributed by atoms with van der Waals surface area (Å²) in [5, 5.41) is 13.6. The average Bonchev–Trinajstić information content (AvgIpc) is 3.49. The average molecular weight is 518 g/mol. The molecule has 2 heterocycles. The number of amidine groups is 1. The number of phenolic OH excluding ortho intramolecular Hbond substituents is 1. The van der Waals surface area contributed by atoms with E-state index >= 15 is 4.39 Å². The van der Waals surface area contributed by atoms with Gasteiger partial charge in [0.25, 0.3) is 5.91 Å². The fourth-order valence-electron chi connectivity index (χ4n) is 7.99. The molecule has 6 aliphatic rings. The molecule has 0 unspecified atom stereocenters. The van der Waals surface area contributed by atoms with E-state index in [4.69, 9.17) is 0 Å². The molecule has 0 radical (unpaired) electrons. The predicted octanol–water partition coefficient (Wildman–Crippen LogP) is 6.24. The lowest BCUT2D eigenvalue weighted by Gasteiger charge is -2.57. The monoisotopic (exact) mass is 517 g/mol. The van der Waals surface area contributed by atoms with Gasteiger partial charge < -0.3 is 5.11 Å². The van der Waals surface area contributed by atoms with Crippen LogP contribution < -0.4 is 5.43 Å². The maximum atomic E-state index is 15.2. The Balaban J connectivity index is 1.17. The van der Waals surface area contributed by atoms with Gasteiger partial charge >= 0.3 is 0 Å². The number of nitrogens with one attached hydrogen (secondary N) is 1. The van der Waals surface area contributed by atoms with Crippen LogP contribution in [0.2, 0.25) is 0 Å². The second-order valence-electron chi connectivity index (χ2n) is 11.8. The van der Waals surface area contributed by atoms with E-state index in [2.05, 4.69) is 15.4 Å². The van der Waals surface area contributed by atoms with Crippen LogP contribution in [0.25, 0.3) is 17.2 Å². The molecule has 5 fully saturated rings. The van der Waals surface area contributed by atoms with E-state index in [0.29, 0.717) is 27.8 Å². The second kappa shape index (κ2) is 8.98. The van der Waals surface area contributed by atoms with Crippen LogP contribution in [0.5, 0.6) is 5.75 Å². The predicted molar refractivity (Wildman–Crippen MR) is 145 cm³/mol. The highest BCUT2D eigenvalue weighted by molar-refractivity contribution is 8.18. The van der Waals surface area contributed by atoms with E-state index in [1.54, 1.807) is 0 Å². The minimum absolute atomic E-state index is 0.0990. The van der Waals surface area contributed by atoms with Crippen molar-refractivity contribution in [2.45, 2.75) is 56.8 Å². The number of phenols is 1. The van der Waals surface area contributed by atoms with Crippen LogP contribution in [-0.4, -0.2) is 34.3 Å². The molecule has 2 aliphatic heterocycles. The van der Waals surface area contributed by atoms with E-state index in [0.717, 1.165) is 67.4 Å². The molecule has 2 aromatic carbocycles. The number of carbonyl (C=O) groups is 1. The standard InChI is InChI=1S/C30H32FN3O2S/c31-25-14-23(13-24(27(25)35)30-15-19-8-20(16-30)10-21(9-19)17-30)22-5-3-4-18(11-22)12-26-28(36)32-29(37-26)33-34-6-1-2-7-34/h3-5,11-14,19-21,35H,1-2,6-10,15-17H2,(H,32,33,36). The van der Waals surface area contributed by atoms with Gasteiger partial charge in [-0.1, -0.05) is 18.2 Å². The Bertz CT molecular complexity index is 1290. The third-order valence-electron chi connectivity index (χ3n) is 9.17. The van der Waals surface area contributed by atoms with Crippen molar-refractivity contribution in [1.82, 2.24) is 10.4 Å². The highest BCUT2D eigenvalue weighted by atomic mass is 32.2. The molecule has 0 atom stereocenters. The molecule has 4 aliphatic carbocycles. The minimum atomic E-state index is -0.542. The summed E-state index contributed by atoms with van der Waals surface area (Å²) in [6.07, 6.45) is 11.2. The van der Waals surface area contributed by atoms with E-state index in [1.807, 2.05) is 36.4 Å². The first-order valence-electron chi connectivity index (χ1n) is 13.6. The molecular formula is C30H32FN3O2S. The molecule has 2 N–H and O–H groups in total. The molecule has 2 aromatic rings. The zero-order chi connectivity index (χ0) is 25.1. The van der Waals surface area contributed by atoms with E-state index in [1.165, 1.54) is 37.1 Å². The maximum absolute atomic E-state index is 15.2. The number of rotatable bonds is 4. The summed E-state index contributed by atoms with van der Waals surface area (Å²) in [5.74, 6) is 1.19. The third-order valence-corrected chi connectivity index (χ3v) is 10.1. The Hall–Kier alpha value is -2.64. The molecule has 37 heavy (non-hydrogen) atoms. The van der Waals surface area contributed by atoms with Crippen LogP contribution in [0, 0.1) is 23.6 Å². The van der Waals surface area contributed by atoms with Gasteiger partial charge in [-0.25, -0.2) is 9.40 Å². The number of carbonyl (C=O) groups excluding carboxylic acids is 1. The highest BCUT2D eigenvalue weighted by Crippen LogP contribution is 2.62. The number of amides is 1. The van der Waals surface area contributed by atoms with E-state index in [-0.39, 0.29) is 17.1 Å². The molecule has 4 bridgehead atoms. The Labute approximate surface area is 221 Å². The number of benzene rings is 2. The smallest absolute Gasteiger partial charge is 0.286 e. The van der Waals surface area contributed by atoms with Gasteiger partial charge in [0.05, 0.1) is 4.91 Å². The number of hydrogen-bond donors (Lipinski definition) is 2. The third kappa shape index (κ3) is 4.30. The van der Waals surface area contributed by atoms with Crippen molar-refractivity contribution in [3.8, 4) is 16.9 Å². The van der Waals surface area contributed by atoms with Gasteiger partial charge in [0.2, 0.25) is 0 Å². The van der Waals surface area contributed by atoms with E-state index < -0.39 is 5.82 Å². The normalized spacial score (nSPS) is 31.9. The largest absolute Gasteiger partial charge is 0.505 e. The fourth-order valence-corrected chi connectivity index (χ4v) is 8.83. The molecule has 1 saturated heterocycles. The van der Waals surface area contributed by atoms with Gasteiger partial charge in [-0.05, 0) is 127 Å². The summed E-state index contributed by atoms with van der Waals surface area (Å²) in [5.41, 5.74) is 6.49. The maximum Gasteiger partial charge on any atom is 0.286 e. The first-order chi connectivity index (χ1) is 17.9. The summed E-state index contributed by atoms with van der Waals surface area (Å²) < 4.78 is 15.2. The number of nitrogens with zero attached hydrogens (tertiary/aromatic N) is 2. The zero-order valence-corrected chi connectivity index (χ0v) is 21.7. The molecular weight excluding hydrogens is 485 g/mol. The molecule has 1 amide bonds. The Kier molecular flexibility index (Phi) is 5.70. The first-order valence-corrected chi connectivity index (χ1v) is 14.4. The molecule has 0 aromatic heterocycles. The molecule has 7 heteroatoms. The molecule has 8 rings (SSSR count). The lowest BCUT2D eigenvalue weighted by Crippen LogP contribution is -2.48. The fraction of sp³-hybridized carbons (Fsp3) is 0.467. The Morgan fingerprint density at radius 2 is 1.73 bits per heavy atom. The molecule has 5 nitrogen and oxygen atoms in total. The number of halogens is 1. The van der Waals surface area contributed by atoms with Crippen molar-refractivity contribution in [1.29, 1.82) is 0 Å². The van der Waals surface area contributed by atoms with Gasteiger partial charge in [-0.3, -0.25) is 10.2 Å². The van der Waals surface area contributed by atoms with Crippen LogP contribution in [0.4, 0.5) is 4.39 Å². The first kappa shape index (κ1) is 23.5. The minimum Gasteiger partial charge on any atom is -0.505 e. The van der Waals surface area contributed by atoms with Gasteiger partial charge in [0, 0.05) is 18.7 Å². The zero-order valence-electron chi connectivity index (χ0n) is 20.9. The number of hydrogen-bond acceptors (Lipinski definition) is 5. The molecule has 192 valence electrons. The van der Waals surface area contributed by atoms with Crippen molar-refractivity contribution >= 4 is 28.9 Å². The Morgan fingerprint density at radius 1 is 1.03 bits per heavy atom. The molecule has 0 spiro atoms. The summed E-state index contributed by atoms with van der Waals surface area (Å²) in [6, 6.07) is 11.3. The van der Waals surface area contributed by atoms with E-state index in [9.17, 15) is 9.90 Å². The summed E-state index contributed by atoms with van der Waals surface area (Å²) in [6.45, 7) is 1.92. The van der Waals surface area contributed by atoms with Crippen LogP contribution in [0.3, 0.4) is 0 Å². The van der Waals surface area contributed by atoms with Gasteiger partial charge in [0.15, 0.2) is 16.7 Å². The Morgan fingerprint density at radius 3 is 2.43 bits per heavy atom. The summed E-state index contributed by atoms with van der Waals surface area (Å²) >= 11 is 1.36. The number of hydrazine groups is 1. The lowest BCUT2D eigenvalue weighted by atomic mass is 9.48. The van der Waals surface area contributed by atoms with Crippen molar-refractivity contribution in [2.75, 3.05) is 13.1 Å². The SMILES string of the molecule is O=C1N=C(NN2CCCC2)SC1=Cc1cccc(-c2cc(F)c(O)c(C34CC5CC(CC(C5)C3)C4)c2)c1. The molecule has 4 saturated carbocycles. The van der Waals surface area contributed by atoms with Crippen LogP contribution in [0.1, 0.15) is 62.5 Å². The van der Waals surface area contributed by atoms with Crippen molar-refractivity contribution in [2.24, 2.45) is 22.7 Å². The van der Waals surface area contributed by atoms with Gasteiger partial charge in [0.1, 0.15) is 0 Å². The highest BCUT2D eigenvalue weighted by Gasteiger charge is 2.52. The second-order valence-corrected chi connectivity index (χ2v) is 12.8. The summed E-state index contributed by atoms with van der Waals surface area (Å²) in [7, 11) is 0. The van der Waals surface area contributed by atoms with Crippen LogP contribution in [-0.2, 0) is 10.2 Å². The van der Waals surface area contributed by atoms with Crippen molar-refractivity contribution < 1.29 is 14.3 Å². The number of aliphatic imine (C=N–C) groups is 1. The van der Waals surface area contributed by atoms with Crippen molar-refractivity contribution in [3.05, 3.63) is 58.2 Å². The van der Waals surface area contributed by atoms with Gasteiger partial charge in [-0.2, -0.15) is 4.99 Å². The lowest BCUT2D eigenvalue weighted by molar-refractivity contribution is -0.113.